The van der Waals surface area contributed by atoms with E-state index in [-0.39, 0.29) is 23.3 Å². The Morgan fingerprint density at radius 3 is 2.55 bits per heavy atom. The van der Waals surface area contributed by atoms with E-state index in [1.165, 1.54) is 17.0 Å². The van der Waals surface area contributed by atoms with E-state index in [4.69, 9.17) is 9.84 Å². The fourth-order valence-electron chi connectivity index (χ4n) is 1.63. The molecule has 0 atom stereocenters. The predicted octanol–water partition coefficient (Wildman–Crippen LogP) is 1.59. The molecule has 0 aliphatic heterocycles. The van der Waals surface area contributed by atoms with E-state index in [9.17, 15) is 9.59 Å². The van der Waals surface area contributed by atoms with Gasteiger partial charge in [0.15, 0.2) is 0 Å². The second-order valence-corrected chi connectivity index (χ2v) is 4.78. The Balaban J connectivity index is 2.72. The minimum absolute atomic E-state index is 0.104. The number of nitrogens with zero attached hydrogens (tertiary/aromatic N) is 2. The highest BCUT2D eigenvalue weighted by atomic mass is 16.5. The van der Waals surface area contributed by atoms with Crippen molar-refractivity contribution < 1.29 is 19.4 Å². The number of rotatable bonds is 6. The van der Waals surface area contributed by atoms with E-state index in [2.05, 4.69) is 4.98 Å². The number of carboxylic acid groups (broad SMARTS) is 1. The van der Waals surface area contributed by atoms with Gasteiger partial charge in [0.05, 0.1) is 24.0 Å². The van der Waals surface area contributed by atoms with Crippen LogP contribution < -0.4 is 0 Å². The van der Waals surface area contributed by atoms with Crippen molar-refractivity contribution >= 4 is 11.9 Å². The number of hydrogen-bond acceptors (Lipinski definition) is 4. The molecule has 0 bridgehead atoms. The molecule has 0 unspecified atom stereocenters. The first-order valence-electron chi connectivity index (χ1n) is 6.41. The molecule has 0 fully saturated rings. The van der Waals surface area contributed by atoms with Gasteiger partial charge in [0.25, 0.3) is 5.91 Å². The van der Waals surface area contributed by atoms with Crippen LogP contribution in [-0.2, 0) is 4.74 Å². The number of ether oxygens (including phenoxy) is 1. The Morgan fingerprint density at radius 1 is 1.40 bits per heavy atom. The number of aryl methyl sites for hydroxylation is 1. The Morgan fingerprint density at radius 2 is 2.05 bits per heavy atom. The molecule has 1 N–H and O–H groups in total. The summed E-state index contributed by atoms with van der Waals surface area (Å²) in [5, 5.41) is 8.92. The Bertz CT molecular complexity index is 500. The van der Waals surface area contributed by atoms with E-state index in [0.717, 1.165) is 0 Å². The zero-order chi connectivity index (χ0) is 15.3. The lowest BCUT2D eigenvalue weighted by molar-refractivity contribution is 0.0528. The zero-order valence-electron chi connectivity index (χ0n) is 12.2. The second-order valence-electron chi connectivity index (χ2n) is 4.78. The number of aromatic carboxylic acids is 1. The first-order valence-corrected chi connectivity index (χ1v) is 6.41. The molecule has 0 aliphatic carbocycles. The molecule has 0 saturated heterocycles. The monoisotopic (exact) mass is 280 g/mol. The van der Waals surface area contributed by atoms with Crippen molar-refractivity contribution in [1.29, 1.82) is 0 Å². The van der Waals surface area contributed by atoms with Crippen LogP contribution >= 0.6 is 0 Å². The van der Waals surface area contributed by atoms with Gasteiger partial charge in [-0.1, -0.05) is 0 Å². The van der Waals surface area contributed by atoms with E-state index in [1.54, 1.807) is 14.0 Å². The van der Waals surface area contributed by atoms with Gasteiger partial charge in [0.1, 0.15) is 5.69 Å². The lowest BCUT2D eigenvalue weighted by atomic mass is 10.2. The van der Waals surface area contributed by atoms with Crippen molar-refractivity contribution in [2.75, 3.05) is 20.2 Å². The van der Waals surface area contributed by atoms with E-state index in [0.29, 0.717) is 18.8 Å². The first kappa shape index (κ1) is 16.1. The van der Waals surface area contributed by atoms with Crippen LogP contribution in [0.1, 0.15) is 40.4 Å². The van der Waals surface area contributed by atoms with Crippen molar-refractivity contribution in [2.45, 2.75) is 26.9 Å². The number of hydrogen-bond donors (Lipinski definition) is 1. The summed E-state index contributed by atoms with van der Waals surface area (Å²) in [4.78, 5) is 28.6. The predicted molar refractivity (Wildman–Crippen MR) is 74.0 cm³/mol. The molecular formula is C14H20N2O4. The topological polar surface area (TPSA) is 79.7 Å². The molecule has 20 heavy (non-hydrogen) atoms. The maximum atomic E-state index is 12.1. The van der Waals surface area contributed by atoms with Crippen LogP contribution in [0.25, 0.3) is 0 Å². The highest BCUT2D eigenvalue weighted by Crippen LogP contribution is 2.08. The van der Waals surface area contributed by atoms with Crippen LogP contribution in [0.3, 0.4) is 0 Å². The van der Waals surface area contributed by atoms with Crippen molar-refractivity contribution in [3.63, 3.8) is 0 Å². The van der Waals surface area contributed by atoms with Crippen molar-refractivity contribution in [3.05, 3.63) is 29.1 Å². The maximum absolute atomic E-state index is 12.1. The Kier molecular flexibility index (Phi) is 5.64. The molecule has 0 radical (unpaired) electrons. The van der Waals surface area contributed by atoms with Crippen molar-refractivity contribution in [2.24, 2.45) is 0 Å². The van der Waals surface area contributed by atoms with Crippen LogP contribution in [0.15, 0.2) is 12.1 Å². The zero-order valence-corrected chi connectivity index (χ0v) is 12.2. The summed E-state index contributed by atoms with van der Waals surface area (Å²) in [6, 6.07) is 2.83. The number of carboxylic acids is 1. The van der Waals surface area contributed by atoms with Gasteiger partial charge in [-0.3, -0.25) is 4.79 Å². The van der Waals surface area contributed by atoms with Gasteiger partial charge in [-0.25, -0.2) is 9.78 Å². The average Bonchev–Trinajstić information content (AvgIpc) is 2.36. The fraction of sp³-hybridized carbons (Fsp3) is 0.500. The van der Waals surface area contributed by atoms with Gasteiger partial charge in [0, 0.05) is 13.6 Å². The maximum Gasteiger partial charge on any atom is 0.337 e. The molecule has 110 valence electrons. The Hall–Kier alpha value is -1.95. The smallest absolute Gasteiger partial charge is 0.337 e. The van der Waals surface area contributed by atoms with Gasteiger partial charge in [-0.05, 0) is 32.9 Å². The molecule has 6 nitrogen and oxygen atoms in total. The lowest BCUT2D eigenvalue weighted by Crippen LogP contribution is -2.31. The third kappa shape index (κ3) is 4.31. The van der Waals surface area contributed by atoms with Gasteiger partial charge in [0.2, 0.25) is 0 Å². The number of aromatic nitrogens is 1. The number of pyridine rings is 1. The molecule has 1 amide bonds. The van der Waals surface area contributed by atoms with Crippen LogP contribution in [-0.4, -0.2) is 53.2 Å². The van der Waals surface area contributed by atoms with Gasteiger partial charge < -0.3 is 14.7 Å². The van der Waals surface area contributed by atoms with Gasteiger partial charge in [-0.2, -0.15) is 0 Å². The van der Waals surface area contributed by atoms with E-state index in [1.807, 2.05) is 13.8 Å². The molecule has 0 aliphatic rings. The van der Waals surface area contributed by atoms with Crippen molar-refractivity contribution in [3.8, 4) is 0 Å². The van der Waals surface area contributed by atoms with Gasteiger partial charge in [-0.15, -0.1) is 0 Å². The Labute approximate surface area is 118 Å². The van der Waals surface area contributed by atoms with Crippen LogP contribution in [0.2, 0.25) is 0 Å². The summed E-state index contributed by atoms with van der Waals surface area (Å²) in [7, 11) is 1.66. The summed E-state index contributed by atoms with van der Waals surface area (Å²) in [6.45, 7) is 6.33. The highest BCUT2D eigenvalue weighted by Gasteiger charge is 2.16. The van der Waals surface area contributed by atoms with Crippen LogP contribution in [0, 0.1) is 6.92 Å². The number of carbonyl (C=O) groups excluding carboxylic acids is 1. The van der Waals surface area contributed by atoms with Crippen LogP contribution in [0.5, 0.6) is 0 Å². The average molecular weight is 280 g/mol. The molecule has 1 aromatic heterocycles. The molecule has 1 heterocycles. The van der Waals surface area contributed by atoms with E-state index < -0.39 is 5.97 Å². The molecule has 1 aromatic rings. The van der Waals surface area contributed by atoms with E-state index >= 15 is 0 Å². The minimum Gasteiger partial charge on any atom is -0.478 e. The summed E-state index contributed by atoms with van der Waals surface area (Å²) >= 11 is 0. The number of amides is 1. The molecule has 0 aromatic carbocycles. The number of carbonyl (C=O) groups is 2. The normalized spacial score (nSPS) is 10.7. The lowest BCUT2D eigenvalue weighted by Gasteiger charge is -2.18. The second kappa shape index (κ2) is 7.00. The molecule has 6 heteroatoms. The quantitative estimate of drug-likeness (QED) is 0.856. The standard InChI is InChI=1S/C14H20N2O4/c1-9(2)20-8-7-16(4)13(17)12-6-5-11(14(18)19)10(3)15-12/h5-6,9H,7-8H2,1-4H3,(H,18,19). The van der Waals surface area contributed by atoms with Crippen molar-refractivity contribution in [1.82, 2.24) is 9.88 Å². The molecular weight excluding hydrogens is 260 g/mol. The SMILES string of the molecule is Cc1nc(C(=O)N(C)CCOC(C)C)ccc1C(=O)O. The summed E-state index contributed by atoms with van der Waals surface area (Å²) in [5.41, 5.74) is 0.669. The molecule has 1 rings (SSSR count). The summed E-state index contributed by atoms with van der Waals surface area (Å²) < 4.78 is 5.38. The molecule has 0 spiro atoms. The summed E-state index contributed by atoms with van der Waals surface area (Å²) in [5.74, 6) is -1.30. The first-order chi connectivity index (χ1) is 9.32. The largest absolute Gasteiger partial charge is 0.478 e. The third-order valence-electron chi connectivity index (χ3n) is 2.76. The fourth-order valence-corrected chi connectivity index (χ4v) is 1.63. The highest BCUT2D eigenvalue weighted by molar-refractivity contribution is 5.94. The molecule has 0 saturated carbocycles. The minimum atomic E-state index is -1.05. The summed E-state index contributed by atoms with van der Waals surface area (Å²) in [6.07, 6.45) is 0.119. The van der Waals surface area contributed by atoms with Gasteiger partial charge >= 0.3 is 5.97 Å². The number of likely N-dealkylation sites (N-methyl/N-ethyl adjacent to an activating group) is 1. The third-order valence-corrected chi connectivity index (χ3v) is 2.76. The van der Waals surface area contributed by atoms with Crippen LogP contribution in [0.4, 0.5) is 0 Å².